The number of hydrogen-bond acceptors (Lipinski definition) is 3. The van der Waals surface area contributed by atoms with E-state index in [2.05, 4.69) is 15.3 Å². The molecule has 0 atom stereocenters. The zero-order valence-corrected chi connectivity index (χ0v) is 12.0. The van der Waals surface area contributed by atoms with Gasteiger partial charge in [0, 0.05) is 22.0 Å². The van der Waals surface area contributed by atoms with Crippen molar-refractivity contribution in [3.8, 4) is 0 Å². The molecule has 0 unspecified atom stereocenters. The first-order valence-electron chi connectivity index (χ1n) is 6.62. The van der Waals surface area contributed by atoms with Crippen molar-refractivity contribution in [3.63, 3.8) is 0 Å². The van der Waals surface area contributed by atoms with Crippen molar-refractivity contribution in [3.05, 3.63) is 59.8 Å². The topological polar surface area (TPSA) is 70.9 Å². The number of aromatic nitrogens is 2. The number of halogens is 1. The molecule has 1 aromatic carbocycles. The van der Waals surface area contributed by atoms with E-state index in [4.69, 9.17) is 16.0 Å². The first-order valence-corrected chi connectivity index (χ1v) is 7.00. The third-order valence-corrected chi connectivity index (χ3v) is 3.69. The van der Waals surface area contributed by atoms with Crippen LogP contribution in [0.4, 0.5) is 5.69 Å². The van der Waals surface area contributed by atoms with Gasteiger partial charge in [0.1, 0.15) is 0 Å². The summed E-state index contributed by atoms with van der Waals surface area (Å²) in [5.41, 5.74) is 2.28. The number of furan rings is 1. The number of rotatable bonds is 2. The molecule has 4 rings (SSSR count). The molecular formula is C16H10ClN3O2. The van der Waals surface area contributed by atoms with E-state index in [0.717, 1.165) is 21.8 Å². The summed E-state index contributed by atoms with van der Waals surface area (Å²) in [6.07, 6.45) is 4.91. The summed E-state index contributed by atoms with van der Waals surface area (Å²) in [6.45, 7) is 0. The number of H-pyrrole nitrogens is 1. The van der Waals surface area contributed by atoms with E-state index in [1.807, 2.05) is 12.1 Å². The van der Waals surface area contributed by atoms with Crippen molar-refractivity contribution in [1.29, 1.82) is 0 Å². The number of carbonyl (C=O) groups excluding carboxylic acids is 1. The zero-order chi connectivity index (χ0) is 15.1. The van der Waals surface area contributed by atoms with Gasteiger partial charge in [0.2, 0.25) is 0 Å². The van der Waals surface area contributed by atoms with E-state index in [1.54, 1.807) is 30.6 Å². The average Bonchev–Trinajstić information content (AvgIpc) is 3.15. The van der Waals surface area contributed by atoms with Gasteiger partial charge in [-0.1, -0.05) is 11.6 Å². The normalized spacial score (nSPS) is 11.1. The average molecular weight is 312 g/mol. The SMILES string of the molecule is O=C(Nc1cc(Cl)cc2c1[nH]c1cnccc12)c1ccco1. The van der Waals surface area contributed by atoms with Gasteiger partial charge in [-0.05, 0) is 30.3 Å². The van der Waals surface area contributed by atoms with E-state index < -0.39 is 0 Å². The van der Waals surface area contributed by atoms with E-state index >= 15 is 0 Å². The van der Waals surface area contributed by atoms with Gasteiger partial charge >= 0.3 is 0 Å². The predicted molar refractivity (Wildman–Crippen MR) is 85.3 cm³/mol. The first-order chi connectivity index (χ1) is 10.7. The molecular weight excluding hydrogens is 302 g/mol. The number of amides is 1. The second-order valence-electron chi connectivity index (χ2n) is 4.85. The highest BCUT2D eigenvalue weighted by Crippen LogP contribution is 2.33. The van der Waals surface area contributed by atoms with Gasteiger partial charge in [0.05, 0.1) is 29.2 Å². The molecule has 0 spiro atoms. The number of hydrogen-bond donors (Lipinski definition) is 2. The molecule has 0 aliphatic rings. The number of aromatic amines is 1. The van der Waals surface area contributed by atoms with Crippen molar-refractivity contribution in [2.45, 2.75) is 0 Å². The summed E-state index contributed by atoms with van der Waals surface area (Å²) >= 11 is 6.19. The molecule has 4 aromatic rings. The molecule has 5 nitrogen and oxygen atoms in total. The summed E-state index contributed by atoms with van der Waals surface area (Å²) in [5, 5.41) is 5.29. The van der Waals surface area contributed by atoms with Crippen molar-refractivity contribution < 1.29 is 9.21 Å². The highest BCUT2D eigenvalue weighted by Gasteiger charge is 2.14. The minimum atomic E-state index is -0.328. The molecule has 108 valence electrons. The number of benzene rings is 1. The molecule has 0 aliphatic heterocycles. The molecule has 1 amide bonds. The van der Waals surface area contributed by atoms with Crippen LogP contribution in [0.3, 0.4) is 0 Å². The first kappa shape index (κ1) is 12.9. The lowest BCUT2D eigenvalue weighted by Crippen LogP contribution is -2.11. The Kier molecular flexibility index (Phi) is 2.87. The summed E-state index contributed by atoms with van der Waals surface area (Å²) < 4.78 is 5.10. The number of pyridine rings is 1. The van der Waals surface area contributed by atoms with Gasteiger partial charge in [-0.15, -0.1) is 0 Å². The third kappa shape index (κ3) is 2.03. The second-order valence-corrected chi connectivity index (χ2v) is 5.29. The van der Waals surface area contributed by atoms with Gasteiger partial charge in [-0.3, -0.25) is 9.78 Å². The summed E-state index contributed by atoms with van der Waals surface area (Å²) in [7, 11) is 0. The van der Waals surface area contributed by atoms with Gasteiger partial charge in [0.25, 0.3) is 5.91 Å². The molecule has 0 aliphatic carbocycles. The summed E-state index contributed by atoms with van der Waals surface area (Å²) in [6, 6.07) is 8.73. The van der Waals surface area contributed by atoms with Crippen LogP contribution < -0.4 is 5.32 Å². The monoisotopic (exact) mass is 311 g/mol. The van der Waals surface area contributed by atoms with Crippen LogP contribution in [0.25, 0.3) is 21.8 Å². The lowest BCUT2D eigenvalue weighted by Gasteiger charge is -2.06. The Morgan fingerprint density at radius 3 is 3.00 bits per heavy atom. The Hall–Kier alpha value is -2.79. The maximum Gasteiger partial charge on any atom is 0.291 e. The molecule has 6 heteroatoms. The molecule has 2 N–H and O–H groups in total. The molecule has 3 aromatic heterocycles. The van der Waals surface area contributed by atoms with Crippen LogP contribution >= 0.6 is 11.6 Å². The lowest BCUT2D eigenvalue weighted by atomic mass is 10.1. The van der Waals surface area contributed by atoms with Gasteiger partial charge in [-0.25, -0.2) is 0 Å². The molecule has 3 heterocycles. The Morgan fingerprint density at radius 2 is 2.18 bits per heavy atom. The number of carbonyl (C=O) groups is 1. The Bertz CT molecular complexity index is 989. The minimum Gasteiger partial charge on any atom is -0.459 e. The third-order valence-electron chi connectivity index (χ3n) is 3.47. The maximum atomic E-state index is 12.2. The van der Waals surface area contributed by atoms with E-state index in [9.17, 15) is 4.79 Å². The fourth-order valence-corrected chi connectivity index (χ4v) is 2.73. The van der Waals surface area contributed by atoms with Gasteiger partial charge in [-0.2, -0.15) is 0 Å². The van der Waals surface area contributed by atoms with Crippen molar-refractivity contribution in [2.24, 2.45) is 0 Å². The van der Waals surface area contributed by atoms with Crippen LogP contribution in [0.5, 0.6) is 0 Å². The van der Waals surface area contributed by atoms with Crippen molar-refractivity contribution in [1.82, 2.24) is 9.97 Å². The number of anilines is 1. The molecule has 0 saturated carbocycles. The maximum absolute atomic E-state index is 12.2. The quantitative estimate of drug-likeness (QED) is 0.582. The molecule has 0 bridgehead atoms. The fraction of sp³-hybridized carbons (Fsp3) is 0. The largest absolute Gasteiger partial charge is 0.459 e. The Labute approximate surface area is 129 Å². The van der Waals surface area contributed by atoms with Gasteiger partial charge in [0.15, 0.2) is 5.76 Å². The summed E-state index contributed by atoms with van der Waals surface area (Å²) in [4.78, 5) is 19.5. The highest BCUT2D eigenvalue weighted by atomic mass is 35.5. The Morgan fingerprint density at radius 1 is 1.27 bits per heavy atom. The van der Waals surface area contributed by atoms with Crippen LogP contribution in [0, 0.1) is 0 Å². The smallest absolute Gasteiger partial charge is 0.291 e. The molecule has 0 saturated heterocycles. The van der Waals surface area contributed by atoms with E-state index in [1.165, 1.54) is 6.26 Å². The number of nitrogens with zero attached hydrogens (tertiary/aromatic N) is 1. The van der Waals surface area contributed by atoms with E-state index in [-0.39, 0.29) is 11.7 Å². The molecule has 0 radical (unpaired) electrons. The van der Waals surface area contributed by atoms with Crippen LogP contribution in [-0.2, 0) is 0 Å². The van der Waals surface area contributed by atoms with E-state index in [0.29, 0.717) is 10.7 Å². The molecule has 22 heavy (non-hydrogen) atoms. The Balaban J connectivity index is 1.88. The highest BCUT2D eigenvalue weighted by molar-refractivity contribution is 6.33. The van der Waals surface area contributed by atoms with Gasteiger partial charge < -0.3 is 14.7 Å². The van der Waals surface area contributed by atoms with Crippen LogP contribution in [0.15, 0.2) is 53.4 Å². The fourth-order valence-electron chi connectivity index (χ4n) is 2.51. The van der Waals surface area contributed by atoms with Crippen LogP contribution in [0.1, 0.15) is 10.6 Å². The second kappa shape index (κ2) is 4.89. The van der Waals surface area contributed by atoms with Crippen molar-refractivity contribution >= 4 is 45.0 Å². The number of fused-ring (bicyclic) bond motifs is 3. The standard InChI is InChI=1S/C16H10ClN3O2/c17-9-6-11-10-3-4-18-8-13(10)19-15(11)12(7-9)20-16(21)14-2-1-5-22-14/h1-8,19H,(H,20,21). The minimum absolute atomic E-state index is 0.242. The predicted octanol–water partition coefficient (Wildman–Crippen LogP) is 4.21. The van der Waals surface area contributed by atoms with Crippen LogP contribution in [-0.4, -0.2) is 15.9 Å². The lowest BCUT2D eigenvalue weighted by molar-refractivity contribution is 0.0997. The number of nitrogens with one attached hydrogen (secondary N) is 2. The van der Waals surface area contributed by atoms with Crippen LogP contribution in [0.2, 0.25) is 5.02 Å². The molecule has 0 fully saturated rings. The van der Waals surface area contributed by atoms with Crippen molar-refractivity contribution in [2.75, 3.05) is 5.32 Å². The zero-order valence-electron chi connectivity index (χ0n) is 11.3. The summed E-state index contributed by atoms with van der Waals surface area (Å²) in [5.74, 6) is -0.0868.